The zero-order valence-electron chi connectivity index (χ0n) is 8.81. The zero-order chi connectivity index (χ0) is 11.5. The van der Waals surface area contributed by atoms with Gasteiger partial charge in [-0.15, -0.1) is 22.7 Å². The van der Waals surface area contributed by atoms with Crippen molar-refractivity contribution in [3.8, 4) is 0 Å². The molecule has 3 nitrogen and oxygen atoms in total. The number of aromatic nitrogens is 1. The van der Waals surface area contributed by atoms with Crippen LogP contribution in [-0.4, -0.2) is 12.0 Å². The Balaban J connectivity index is 2.05. The van der Waals surface area contributed by atoms with Gasteiger partial charge in [0.05, 0.1) is 10.3 Å². The smallest absolute Gasteiger partial charge is 0.185 e. The van der Waals surface area contributed by atoms with Gasteiger partial charge in [-0.25, -0.2) is 4.98 Å². The molecule has 0 amide bonds. The molecule has 0 aliphatic rings. The minimum absolute atomic E-state index is 0.566. The number of hydrogen-bond donors (Lipinski definition) is 1. The van der Waals surface area contributed by atoms with Crippen molar-refractivity contribution < 1.29 is 0 Å². The summed E-state index contributed by atoms with van der Waals surface area (Å²) in [6.07, 6.45) is 1.85. The molecule has 0 atom stereocenters. The summed E-state index contributed by atoms with van der Waals surface area (Å²) in [4.78, 5) is 8.93. The summed E-state index contributed by atoms with van der Waals surface area (Å²) in [6.45, 7) is 1.45. The van der Waals surface area contributed by atoms with E-state index in [9.17, 15) is 0 Å². The van der Waals surface area contributed by atoms with Gasteiger partial charge in [0.15, 0.2) is 5.13 Å². The second kappa shape index (κ2) is 5.27. The number of rotatable bonds is 4. The molecule has 2 heterocycles. The van der Waals surface area contributed by atoms with E-state index in [1.54, 1.807) is 22.7 Å². The first-order chi connectivity index (χ1) is 7.69. The van der Waals surface area contributed by atoms with Crippen LogP contribution in [0, 0.1) is 0 Å². The normalized spacial score (nSPS) is 10.7. The van der Waals surface area contributed by atoms with Crippen LogP contribution in [0.3, 0.4) is 0 Å². The predicted molar refractivity (Wildman–Crippen MR) is 74.1 cm³/mol. The SMILES string of the molecule is CN(Cc1ccc(Br)s1)c1ncc(CN)s1. The van der Waals surface area contributed by atoms with E-state index in [4.69, 9.17) is 5.73 Å². The number of hydrogen-bond acceptors (Lipinski definition) is 5. The van der Waals surface area contributed by atoms with Crippen LogP contribution >= 0.6 is 38.6 Å². The molecule has 0 radical (unpaired) electrons. The van der Waals surface area contributed by atoms with E-state index in [0.29, 0.717) is 6.54 Å². The number of nitrogens with two attached hydrogens (primary N) is 1. The molecule has 86 valence electrons. The minimum atomic E-state index is 0.566. The van der Waals surface area contributed by atoms with Gasteiger partial charge in [0.25, 0.3) is 0 Å². The molecule has 0 saturated heterocycles. The summed E-state index contributed by atoms with van der Waals surface area (Å²) in [6, 6.07) is 4.20. The summed E-state index contributed by atoms with van der Waals surface area (Å²) >= 11 is 6.86. The van der Waals surface area contributed by atoms with Crippen molar-refractivity contribution in [1.29, 1.82) is 0 Å². The lowest BCUT2D eigenvalue weighted by atomic mass is 10.4. The van der Waals surface area contributed by atoms with E-state index in [1.807, 2.05) is 13.2 Å². The van der Waals surface area contributed by atoms with Gasteiger partial charge in [-0.3, -0.25) is 0 Å². The molecule has 0 aromatic carbocycles. The Hall–Kier alpha value is -0.430. The lowest BCUT2D eigenvalue weighted by Gasteiger charge is -2.13. The van der Waals surface area contributed by atoms with Gasteiger partial charge in [0, 0.05) is 29.5 Å². The van der Waals surface area contributed by atoms with E-state index in [2.05, 4.69) is 37.9 Å². The van der Waals surface area contributed by atoms with Crippen LogP contribution < -0.4 is 10.6 Å². The van der Waals surface area contributed by atoms with Gasteiger partial charge in [0.1, 0.15) is 0 Å². The molecule has 0 aliphatic heterocycles. The van der Waals surface area contributed by atoms with Crippen LogP contribution in [-0.2, 0) is 13.1 Å². The van der Waals surface area contributed by atoms with Crippen LogP contribution in [0.1, 0.15) is 9.75 Å². The molecule has 0 saturated carbocycles. The fraction of sp³-hybridized carbons (Fsp3) is 0.300. The first-order valence-electron chi connectivity index (χ1n) is 4.79. The molecule has 2 N–H and O–H groups in total. The highest BCUT2D eigenvalue weighted by molar-refractivity contribution is 9.11. The Morgan fingerprint density at radius 2 is 2.19 bits per heavy atom. The Morgan fingerprint density at radius 3 is 2.75 bits per heavy atom. The van der Waals surface area contributed by atoms with E-state index >= 15 is 0 Å². The quantitative estimate of drug-likeness (QED) is 0.942. The summed E-state index contributed by atoms with van der Waals surface area (Å²) in [5, 5.41) is 1.02. The Bertz CT molecular complexity index is 466. The number of anilines is 1. The number of thiazole rings is 1. The third kappa shape index (κ3) is 2.82. The average Bonchev–Trinajstić information content (AvgIpc) is 2.87. The van der Waals surface area contributed by atoms with Crippen LogP contribution in [0.25, 0.3) is 0 Å². The predicted octanol–water partition coefficient (Wildman–Crippen LogP) is 3.06. The van der Waals surface area contributed by atoms with Crippen molar-refractivity contribution in [3.63, 3.8) is 0 Å². The van der Waals surface area contributed by atoms with Crippen molar-refractivity contribution in [2.75, 3.05) is 11.9 Å². The van der Waals surface area contributed by atoms with Crippen LogP contribution in [0.5, 0.6) is 0 Å². The number of thiophene rings is 1. The van der Waals surface area contributed by atoms with Gasteiger partial charge >= 0.3 is 0 Å². The Labute approximate surface area is 111 Å². The molecule has 2 aromatic heterocycles. The summed E-state index contributed by atoms with van der Waals surface area (Å²) < 4.78 is 1.16. The summed E-state index contributed by atoms with van der Waals surface area (Å²) in [5.74, 6) is 0. The van der Waals surface area contributed by atoms with E-state index in [-0.39, 0.29) is 0 Å². The molecule has 0 aliphatic carbocycles. The van der Waals surface area contributed by atoms with Crippen LogP contribution in [0.4, 0.5) is 5.13 Å². The summed E-state index contributed by atoms with van der Waals surface area (Å²) in [7, 11) is 2.05. The first kappa shape index (κ1) is 12.0. The van der Waals surface area contributed by atoms with Crippen molar-refractivity contribution >= 4 is 43.7 Å². The van der Waals surface area contributed by atoms with Crippen molar-refractivity contribution in [2.45, 2.75) is 13.1 Å². The highest BCUT2D eigenvalue weighted by Crippen LogP contribution is 2.26. The second-order valence-electron chi connectivity index (χ2n) is 3.38. The highest BCUT2D eigenvalue weighted by Gasteiger charge is 2.08. The van der Waals surface area contributed by atoms with Crippen LogP contribution in [0.2, 0.25) is 0 Å². The largest absolute Gasteiger partial charge is 0.346 e. The molecular weight excluding hydrogens is 306 g/mol. The maximum absolute atomic E-state index is 5.57. The standard InChI is InChI=1S/C10H12BrN3S2/c1-14(6-7-2-3-9(11)15-7)10-13-5-8(4-12)16-10/h2-3,5H,4,6,12H2,1H3. The fourth-order valence-corrected chi connectivity index (χ4v) is 3.59. The van der Waals surface area contributed by atoms with Crippen LogP contribution in [0.15, 0.2) is 22.1 Å². The lowest BCUT2D eigenvalue weighted by molar-refractivity contribution is 0.930. The monoisotopic (exact) mass is 317 g/mol. The first-order valence-corrected chi connectivity index (χ1v) is 7.22. The molecular formula is C10H12BrN3S2. The molecule has 0 fully saturated rings. The van der Waals surface area contributed by atoms with Crippen molar-refractivity contribution in [2.24, 2.45) is 5.73 Å². The van der Waals surface area contributed by atoms with Gasteiger partial charge in [-0.2, -0.15) is 0 Å². The van der Waals surface area contributed by atoms with Gasteiger partial charge in [-0.05, 0) is 28.1 Å². The third-order valence-corrected chi connectivity index (χ3v) is 4.83. The molecule has 0 bridgehead atoms. The Kier molecular flexibility index (Phi) is 3.96. The minimum Gasteiger partial charge on any atom is -0.346 e. The third-order valence-electron chi connectivity index (χ3n) is 2.09. The molecule has 2 rings (SSSR count). The van der Waals surface area contributed by atoms with Gasteiger partial charge < -0.3 is 10.6 Å². The number of nitrogens with zero attached hydrogens (tertiary/aromatic N) is 2. The van der Waals surface area contributed by atoms with Gasteiger partial charge in [-0.1, -0.05) is 0 Å². The maximum Gasteiger partial charge on any atom is 0.185 e. The van der Waals surface area contributed by atoms with Gasteiger partial charge in [0.2, 0.25) is 0 Å². The van der Waals surface area contributed by atoms with E-state index in [0.717, 1.165) is 20.3 Å². The Morgan fingerprint density at radius 1 is 1.38 bits per heavy atom. The number of halogens is 1. The maximum atomic E-state index is 5.57. The van der Waals surface area contributed by atoms with E-state index < -0.39 is 0 Å². The molecule has 0 unspecified atom stereocenters. The second-order valence-corrected chi connectivity index (χ2v) is 7.02. The summed E-state index contributed by atoms with van der Waals surface area (Å²) in [5.41, 5.74) is 5.57. The average molecular weight is 318 g/mol. The lowest BCUT2D eigenvalue weighted by Crippen LogP contribution is -2.14. The van der Waals surface area contributed by atoms with Crippen molar-refractivity contribution in [1.82, 2.24) is 4.98 Å². The molecule has 2 aromatic rings. The molecule has 16 heavy (non-hydrogen) atoms. The topological polar surface area (TPSA) is 42.2 Å². The van der Waals surface area contributed by atoms with Crippen molar-refractivity contribution in [3.05, 3.63) is 31.9 Å². The zero-order valence-corrected chi connectivity index (χ0v) is 12.0. The molecule has 0 spiro atoms. The van der Waals surface area contributed by atoms with E-state index in [1.165, 1.54) is 4.88 Å². The highest BCUT2D eigenvalue weighted by atomic mass is 79.9. The fourth-order valence-electron chi connectivity index (χ4n) is 1.31. The molecule has 6 heteroatoms.